The van der Waals surface area contributed by atoms with Crippen molar-refractivity contribution < 1.29 is 4.79 Å². The number of nitrogens with zero attached hydrogens (tertiary/aromatic N) is 1. The van der Waals surface area contributed by atoms with Gasteiger partial charge in [-0.25, -0.2) is 4.99 Å². The highest BCUT2D eigenvalue weighted by Crippen LogP contribution is 2.02. The fraction of sp³-hybridized carbons (Fsp3) is 0.400. The van der Waals surface area contributed by atoms with Crippen molar-refractivity contribution in [1.29, 1.82) is 0 Å². The molecule has 0 bridgehead atoms. The zero-order chi connectivity index (χ0) is 6.85. The van der Waals surface area contributed by atoms with Gasteiger partial charge in [0.1, 0.15) is 4.99 Å². The Morgan fingerprint density at radius 1 is 1.89 bits per heavy atom. The van der Waals surface area contributed by atoms with Crippen molar-refractivity contribution in [2.75, 3.05) is 0 Å². The van der Waals surface area contributed by atoms with Gasteiger partial charge >= 0.3 is 0 Å². The molecule has 1 aliphatic rings. The minimum atomic E-state index is -0.245. The lowest BCUT2D eigenvalue weighted by Crippen LogP contribution is -2.35. The van der Waals surface area contributed by atoms with Crippen molar-refractivity contribution >= 4 is 29.5 Å². The molecule has 9 heavy (non-hydrogen) atoms. The summed E-state index contributed by atoms with van der Waals surface area (Å²) in [5.74, 6) is -0.319. The second-order valence-corrected chi connectivity index (χ2v) is 2.24. The van der Waals surface area contributed by atoms with Crippen LogP contribution in [0.4, 0.5) is 0 Å². The number of carbonyl (C=O) groups is 1. The molecular formula is C5H6N2OS. The Kier molecular flexibility index (Phi) is 1.57. The van der Waals surface area contributed by atoms with E-state index in [0.717, 1.165) is 0 Å². The summed E-state index contributed by atoms with van der Waals surface area (Å²) in [6.07, 6.45) is 1.32. The fourth-order valence-corrected chi connectivity index (χ4v) is 0.668. The zero-order valence-electron chi connectivity index (χ0n) is 4.92. The molecule has 0 radical (unpaired) electrons. The van der Waals surface area contributed by atoms with Crippen LogP contribution in [0.2, 0.25) is 0 Å². The number of amides is 1. The molecule has 48 valence electrons. The van der Waals surface area contributed by atoms with Gasteiger partial charge in [-0.1, -0.05) is 12.2 Å². The van der Waals surface area contributed by atoms with E-state index < -0.39 is 0 Å². The molecule has 0 unspecified atom stereocenters. The molecule has 0 aromatic carbocycles. The van der Waals surface area contributed by atoms with Crippen LogP contribution in [-0.2, 0) is 4.79 Å². The van der Waals surface area contributed by atoms with Crippen LogP contribution in [0.5, 0.6) is 0 Å². The topological polar surface area (TPSA) is 41.5 Å². The molecule has 1 heterocycles. The molecule has 1 amide bonds. The number of thiocarbonyl (C=S) groups is 1. The first kappa shape index (κ1) is 6.35. The Labute approximate surface area is 58.2 Å². The highest BCUT2D eigenvalue weighted by molar-refractivity contribution is 7.80. The molecule has 0 spiro atoms. The van der Waals surface area contributed by atoms with Crippen molar-refractivity contribution in [3.63, 3.8) is 0 Å². The molecule has 0 aromatic heterocycles. The van der Waals surface area contributed by atoms with E-state index in [9.17, 15) is 4.79 Å². The fourth-order valence-electron chi connectivity index (χ4n) is 0.508. The lowest BCUT2D eigenvalue weighted by Gasteiger charge is -2.11. The minimum Gasteiger partial charge on any atom is -0.316 e. The normalized spacial score (nSPS) is 26.1. The van der Waals surface area contributed by atoms with Crippen LogP contribution < -0.4 is 5.32 Å². The monoisotopic (exact) mass is 142 g/mol. The molecule has 0 saturated heterocycles. The maximum Gasteiger partial charge on any atom is 0.234 e. The van der Waals surface area contributed by atoms with Gasteiger partial charge in [0.2, 0.25) is 5.91 Å². The molecule has 0 aliphatic carbocycles. The third-order valence-electron chi connectivity index (χ3n) is 1.16. The molecule has 1 N–H and O–H groups in total. The standard InChI is InChI=1S/C5H6N2OS/c1-3-4(8)6-2-7-5(3)9/h2-3H,1H3,(H,6,7,8,9)/t3-/m0/s1. The van der Waals surface area contributed by atoms with Crippen LogP contribution >= 0.6 is 12.2 Å². The first-order valence-corrected chi connectivity index (χ1v) is 2.99. The second-order valence-electron chi connectivity index (χ2n) is 1.83. The lowest BCUT2D eigenvalue weighted by molar-refractivity contribution is -0.121. The zero-order valence-corrected chi connectivity index (χ0v) is 5.73. The van der Waals surface area contributed by atoms with Crippen LogP contribution in [0.25, 0.3) is 0 Å². The summed E-state index contributed by atoms with van der Waals surface area (Å²) < 4.78 is 0. The van der Waals surface area contributed by atoms with E-state index >= 15 is 0 Å². The van der Waals surface area contributed by atoms with Crippen LogP contribution in [-0.4, -0.2) is 17.2 Å². The molecule has 1 rings (SSSR count). The largest absolute Gasteiger partial charge is 0.316 e. The number of nitrogens with one attached hydrogen (secondary N) is 1. The third kappa shape index (κ3) is 1.13. The average molecular weight is 142 g/mol. The van der Waals surface area contributed by atoms with Gasteiger partial charge in [0, 0.05) is 0 Å². The van der Waals surface area contributed by atoms with Gasteiger partial charge in [0.05, 0.1) is 12.3 Å². The molecule has 3 nitrogen and oxygen atoms in total. The summed E-state index contributed by atoms with van der Waals surface area (Å²) in [5, 5.41) is 2.44. The SMILES string of the molecule is C[C@H]1C(=O)NC=NC1=S. The molecule has 1 aliphatic heterocycles. The van der Waals surface area contributed by atoms with E-state index in [2.05, 4.69) is 10.3 Å². The van der Waals surface area contributed by atoms with E-state index in [1.165, 1.54) is 6.34 Å². The highest BCUT2D eigenvalue weighted by Gasteiger charge is 2.18. The molecular weight excluding hydrogens is 136 g/mol. The van der Waals surface area contributed by atoms with Gasteiger partial charge < -0.3 is 5.32 Å². The number of aliphatic imine (C=N–C) groups is 1. The van der Waals surface area contributed by atoms with Gasteiger partial charge in [-0.15, -0.1) is 0 Å². The number of carbonyl (C=O) groups excluding carboxylic acids is 1. The number of rotatable bonds is 0. The predicted octanol–water partition coefficient (Wildman–Crippen LogP) is 0.108. The van der Waals surface area contributed by atoms with E-state index in [-0.39, 0.29) is 11.8 Å². The van der Waals surface area contributed by atoms with E-state index in [0.29, 0.717) is 4.99 Å². The van der Waals surface area contributed by atoms with Crippen molar-refractivity contribution in [1.82, 2.24) is 5.32 Å². The van der Waals surface area contributed by atoms with E-state index in [1.54, 1.807) is 6.92 Å². The quantitative estimate of drug-likeness (QED) is 0.488. The Balaban J connectivity index is 2.81. The maximum atomic E-state index is 10.7. The van der Waals surface area contributed by atoms with Crippen molar-refractivity contribution in [2.45, 2.75) is 6.92 Å². The van der Waals surface area contributed by atoms with Gasteiger partial charge in [0.15, 0.2) is 0 Å². The molecule has 1 atom stereocenters. The second kappa shape index (κ2) is 2.23. The predicted molar refractivity (Wildman–Crippen MR) is 38.4 cm³/mol. The average Bonchev–Trinajstić information content (AvgIpc) is 1.83. The van der Waals surface area contributed by atoms with E-state index in [1.807, 2.05) is 0 Å². The van der Waals surface area contributed by atoms with Crippen molar-refractivity contribution in [3.05, 3.63) is 0 Å². The lowest BCUT2D eigenvalue weighted by atomic mass is 10.1. The summed E-state index contributed by atoms with van der Waals surface area (Å²) in [4.78, 5) is 14.9. The van der Waals surface area contributed by atoms with Crippen LogP contribution in [0.3, 0.4) is 0 Å². The molecule has 4 heteroatoms. The maximum absolute atomic E-state index is 10.7. The Morgan fingerprint density at radius 2 is 2.56 bits per heavy atom. The Morgan fingerprint density at radius 3 is 3.00 bits per heavy atom. The van der Waals surface area contributed by atoms with Crippen molar-refractivity contribution in [2.24, 2.45) is 10.9 Å². The molecule has 0 fully saturated rings. The summed E-state index contributed by atoms with van der Waals surface area (Å²) in [6, 6.07) is 0. The Bertz CT molecular complexity index is 187. The minimum absolute atomic E-state index is 0.0741. The van der Waals surface area contributed by atoms with E-state index in [4.69, 9.17) is 12.2 Å². The Hall–Kier alpha value is -0.770. The number of hydrogen-bond acceptors (Lipinski definition) is 2. The molecule has 0 saturated carbocycles. The first-order valence-electron chi connectivity index (χ1n) is 2.58. The van der Waals surface area contributed by atoms with Gasteiger partial charge in [-0.3, -0.25) is 4.79 Å². The van der Waals surface area contributed by atoms with Crippen molar-refractivity contribution in [3.8, 4) is 0 Å². The third-order valence-corrected chi connectivity index (χ3v) is 1.62. The van der Waals surface area contributed by atoms with Crippen LogP contribution in [0, 0.1) is 5.92 Å². The summed E-state index contributed by atoms with van der Waals surface area (Å²) >= 11 is 4.75. The van der Waals surface area contributed by atoms with Gasteiger partial charge in [0.25, 0.3) is 0 Å². The summed E-state index contributed by atoms with van der Waals surface area (Å²) in [5.41, 5.74) is 0. The van der Waals surface area contributed by atoms with Crippen LogP contribution in [0.15, 0.2) is 4.99 Å². The summed E-state index contributed by atoms with van der Waals surface area (Å²) in [7, 11) is 0. The smallest absolute Gasteiger partial charge is 0.234 e. The van der Waals surface area contributed by atoms with Gasteiger partial charge in [-0.05, 0) is 6.92 Å². The molecule has 0 aromatic rings. The van der Waals surface area contributed by atoms with Crippen LogP contribution in [0.1, 0.15) is 6.92 Å². The summed E-state index contributed by atoms with van der Waals surface area (Å²) in [6.45, 7) is 1.73. The van der Waals surface area contributed by atoms with Gasteiger partial charge in [-0.2, -0.15) is 0 Å². The highest BCUT2D eigenvalue weighted by atomic mass is 32.1. The first-order chi connectivity index (χ1) is 4.22. The number of hydrogen-bond donors (Lipinski definition) is 1.